The van der Waals surface area contributed by atoms with E-state index in [9.17, 15) is 13.6 Å². The maximum atomic E-state index is 13.8. The van der Waals surface area contributed by atoms with Gasteiger partial charge in [0.15, 0.2) is 5.82 Å². The zero-order valence-electron chi connectivity index (χ0n) is 10.7. The number of nitrogens with zero attached hydrogens (tertiary/aromatic N) is 1. The second-order valence-electron chi connectivity index (χ2n) is 5.40. The summed E-state index contributed by atoms with van der Waals surface area (Å²) in [6.45, 7) is 6.26. The van der Waals surface area contributed by atoms with Gasteiger partial charge in [0.2, 0.25) is 5.91 Å². The van der Waals surface area contributed by atoms with Gasteiger partial charge in [-0.3, -0.25) is 4.79 Å². The molecule has 98 valence electrons. The number of halogens is 2. The third-order valence-corrected chi connectivity index (χ3v) is 2.96. The van der Waals surface area contributed by atoms with Crippen LogP contribution >= 0.6 is 0 Å². The second-order valence-corrected chi connectivity index (χ2v) is 5.40. The Morgan fingerprint density at radius 3 is 2.56 bits per heavy atom. The number of carbonyl (C=O) groups is 1. The fraction of sp³-hybridized carbons (Fsp3) is 0.462. The highest BCUT2D eigenvalue weighted by Gasteiger charge is 2.29. The molecule has 3 nitrogen and oxygen atoms in total. The molecule has 0 radical (unpaired) electrons. The molecule has 0 fully saturated rings. The van der Waals surface area contributed by atoms with E-state index in [0.717, 1.165) is 6.07 Å². The average Bonchev–Trinajstić information content (AvgIpc) is 2.36. The zero-order chi connectivity index (χ0) is 13.5. The first-order chi connectivity index (χ1) is 8.29. The van der Waals surface area contributed by atoms with Gasteiger partial charge in [-0.2, -0.15) is 0 Å². The van der Waals surface area contributed by atoms with Gasteiger partial charge in [0.05, 0.1) is 5.69 Å². The van der Waals surface area contributed by atoms with E-state index >= 15 is 0 Å². The maximum Gasteiger partial charge on any atom is 0.226 e. The molecular formula is C13H16F2N2O. The van der Waals surface area contributed by atoms with Crippen molar-refractivity contribution in [3.8, 4) is 0 Å². The summed E-state index contributed by atoms with van der Waals surface area (Å²) in [7, 11) is 0. The quantitative estimate of drug-likeness (QED) is 0.772. The second kappa shape index (κ2) is 4.23. The third-order valence-electron chi connectivity index (χ3n) is 2.96. The van der Waals surface area contributed by atoms with Crippen molar-refractivity contribution in [2.24, 2.45) is 0 Å². The lowest BCUT2D eigenvalue weighted by molar-refractivity contribution is -0.116. The summed E-state index contributed by atoms with van der Waals surface area (Å²) in [6, 6.07) is 2.04. The van der Waals surface area contributed by atoms with Gasteiger partial charge in [0, 0.05) is 24.6 Å². The number of carbonyl (C=O) groups excluding carboxylic acids is 1. The predicted octanol–water partition coefficient (Wildman–Crippen LogP) is 2.91. The van der Waals surface area contributed by atoms with E-state index in [4.69, 9.17) is 0 Å². The van der Waals surface area contributed by atoms with E-state index in [-0.39, 0.29) is 23.6 Å². The lowest BCUT2D eigenvalue weighted by atomic mass is 10.0. The summed E-state index contributed by atoms with van der Waals surface area (Å²) < 4.78 is 27.1. The van der Waals surface area contributed by atoms with E-state index in [0.29, 0.717) is 12.2 Å². The largest absolute Gasteiger partial charge is 0.364 e. The molecule has 0 atom stereocenters. The van der Waals surface area contributed by atoms with Crippen molar-refractivity contribution < 1.29 is 13.6 Å². The van der Waals surface area contributed by atoms with Gasteiger partial charge < -0.3 is 10.2 Å². The van der Waals surface area contributed by atoms with Crippen LogP contribution in [0.4, 0.5) is 20.2 Å². The van der Waals surface area contributed by atoms with Crippen LogP contribution in [-0.4, -0.2) is 18.0 Å². The molecule has 1 aliphatic heterocycles. The van der Waals surface area contributed by atoms with Gasteiger partial charge in [0.1, 0.15) is 11.5 Å². The summed E-state index contributed by atoms with van der Waals surface area (Å²) in [5, 5.41) is 2.50. The van der Waals surface area contributed by atoms with Crippen molar-refractivity contribution in [3.63, 3.8) is 0 Å². The summed E-state index contributed by atoms with van der Waals surface area (Å²) in [5.41, 5.74) is 0.140. The van der Waals surface area contributed by atoms with Crippen LogP contribution in [-0.2, 0) is 4.79 Å². The smallest absolute Gasteiger partial charge is 0.226 e. The highest BCUT2D eigenvalue weighted by atomic mass is 19.1. The first kappa shape index (κ1) is 12.8. The van der Waals surface area contributed by atoms with Crippen LogP contribution in [0, 0.1) is 11.6 Å². The van der Waals surface area contributed by atoms with Crippen LogP contribution in [0.3, 0.4) is 0 Å². The van der Waals surface area contributed by atoms with Gasteiger partial charge >= 0.3 is 0 Å². The van der Waals surface area contributed by atoms with Crippen molar-refractivity contribution in [2.75, 3.05) is 16.8 Å². The molecule has 5 heteroatoms. The Morgan fingerprint density at radius 1 is 1.28 bits per heavy atom. The summed E-state index contributed by atoms with van der Waals surface area (Å²) in [6.07, 6.45) is 0.257. The van der Waals surface area contributed by atoms with Crippen LogP contribution in [0.15, 0.2) is 12.1 Å². The SMILES string of the molecule is CC(C)(C)N1CCC(=O)Nc2c(F)cc(F)cc21. The number of rotatable bonds is 0. The normalized spacial score (nSPS) is 16.1. The average molecular weight is 254 g/mol. The molecular weight excluding hydrogens is 238 g/mol. The Balaban J connectivity index is 2.60. The van der Waals surface area contributed by atoms with Crippen LogP contribution < -0.4 is 10.2 Å². The Bertz CT molecular complexity index is 494. The highest BCUT2D eigenvalue weighted by Crippen LogP contribution is 2.36. The van der Waals surface area contributed by atoms with E-state index in [1.54, 1.807) is 0 Å². The van der Waals surface area contributed by atoms with E-state index in [1.807, 2.05) is 25.7 Å². The molecule has 0 bridgehead atoms. The Kier molecular flexibility index (Phi) is 3.00. The zero-order valence-corrected chi connectivity index (χ0v) is 10.7. The van der Waals surface area contributed by atoms with Crippen LogP contribution in [0.1, 0.15) is 27.2 Å². The van der Waals surface area contributed by atoms with Gasteiger partial charge in [-0.05, 0) is 26.8 Å². The fourth-order valence-corrected chi connectivity index (χ4v) is 2.13. The van der Waals surface area contributed by atoms with Crippen LogP contribution in [0.2, 0.25) is 0 Å². The minimum absolute atomic E-state index is 0.0637. The molecule has 1 amide bonds. The molecule has 1 heterocycles. The van der Waals surface area contributed by atoms with Gasteiger partial charge in [-0.1, -0.05) is 0 Å². The van der Waals surface area contributed by atoms with E-state index < -0.39 is 11.6 Å². The monoisotopic (exact) mass is 254 g/mol. The maximum absolute atomic E-state index is 13.8. The molecule has 1 aromatic carbocycles. The number of hydrogen-bond donors (Lipinski definition) is 1. The molecule has 1 aromatic rings. The topological polar surface area (TPSA) is 32.3 Å². The first-order valence-corrected chi connectivity index (χ1v) is 5.85. The van der Waals surface area contributed by atoms with E-state index in [2.05, 4.69) is 5.32 Å². The molecule has 2 rings (SSSR count). The Morgan fingerprint density at radius 2 is 1.94 bits per heavy atom. The lowest BCUT2D eigenvalue weighted by Gasteiger charge is -2.37. The minimum Gasteiger partial charge on any atom is -0.364 e. The molecule has 0 saturated carbocycles. The van der Waals surface area contributed by atoms with Crippen molar-refractivity contribution in [1.29, 1.82) is 0 Å². The van der Waals surface area contributed by atoms with Gasteiger partial charge in [-0.25, -0.2) is 8.78 Å². The molecule has 0 saturated heterocycles. The molecule has 0 unspecified atom stereocenters. The van der Waals surface area contributed by atoms with Gasteiger partial charge in [0.25, 0.3) is 0 Å². The highest BCUT2D eigenvalue weighted by molar-refractivity contribution is 5.96. The molecule has 0 aromatic heterocycles. The number of amides is 1. The van der Waals surface area contributed by atoms with Crippen molar-refractivity contribution in [2.45, 2.75) is 32.7 Å². The molecule has 18 heavy (non-hydrogen) atoms. The van der Waals surface area contributed by atoms with Crippen molar-refractivity contribution in [1.82, 2.24) is 0 Å². The molecule has 1 N–H and O–H groups in total. The minimum atomic E-state index is -0.741. The van der Waals surface area contributed by atoms with Crippen molar-refractivity contribution in [3.05, 3.63) is 23.8 Å². The summed E-state index contributed by atoms with van der Waals surface area (Å²) in [4.78, 5) is 13.4. The van der Waals surface area contributed by atoms with Crippen LogP contribution in [0.25, 0.3) is 0 Å². The fourth-order valence-electron chi connectivity index (χ4n) is 2.13. The first-order valence-electron chi connectivity index (χ1n) is 5.85. The van der Waals surface area contributed by atoms with Crippen LogP contribution in [0.5, 0.6) is 0 Å². The molecule has 0 aliphatic carbocycles. The number of fused-ring (bicyclic) bond motifs is 1. The summed E-state index contributed by atoms with van der Waals surface area (Å²) >= 11 is 0. The number of nitrogens with one attached hydrogen (secondary N) is 1. The number of hydrogen-bond acceptors (Lipinski definition) is 2. The van der Waals surface area contributed by atoms with Gasteiger partial charge in [-0.15, -0.1) is 0 Å². The Labute approximate surface area is 105 Å². The Hall–Kier alpha value is -1.65. The van der Waals surface area contributed by atoms with Crippen molar-refractivity contribution >= 4 is 17.3 Å². The number of benzene rings is 1. The van der Waals surface area contributed by atoms with E-state index in [1.165, 1.54) is 6.07 Å². The lowest BCUT2D eigenvalue weighted by Crippen LogP contribution is -2.42. The summed E-state index contributed by atoms with van der Waals surface area (Å²) in [5.74, 6) is -1.64. The predicted molar refractivity (Wildman–Crippen MR) is 66.7 cm³/mol. The molecule has 1 aliphatic rings. The third kappa shape index (κ3) is 2.30. The standard InChI is InChI=1S/C13H16F2N2O/c1-13(2,3)17-5-4-11(18)16-12-9(15)6-8(14)7-10(12)17/h6-7H,4-5H2,1-3H3,(H,16,18). The number of anilines is 2. The molecule has 0 spiro atoms.